The summed E-state index contributed by atoms with van der Waals surface area (Å²) in [6, 6.07) is 13.6. The van der Waals surface area contributed by atoms with Crippen LogP contribution in [0.5, 0.6) is 5.75 Å². The number of thioether (sulfide) groups is 1. The van der Waals surface area contributed by atoms with Crippen molar-refractivity contribution in [3.63, 3.8) is 0 Å². The van der Waals surface area contributed by atoms with Gasteiger partial charge in [-0.3, -0.25) is 14.9 Å². The van der Waals surface area contributed by atoms with Crippen molar-refractivity contribution in [2.75, 3.05) is 12.4 Å². The molecule has 0 saturated carbocycles. The number of carbonyl (C=O) groups excluding carboxylic acids is 1. The van der Waals surface area contributed by atoms with E-state index in [-0.39, 0.29) is 17.3 Å². The molecule has 0 aromatic heterocycles. The Kier molecular flexibility index (Phi) is 8.05. The maximum atomic E-state index is 11.8. The zero-order valence-corrected chi connectivity index (χ0v) is 15.4. The van der Waals surface area contributed by atoms with E-state index >= 15 is 0 Å². The lowest BCUT2D eigenvalue weighted by molar-refractivity contribution is -0.384. The van der Waals surface area contributed by atoms with Gasteiger partial charge in [-0.2, -0.15) is 5.10 Å². The molecule has 2 aromatic rings. The lowest BCUT2D eigenvalue weighted by Gasteiger charge is -2.03. The normalized spacial score (nSPS) is 10.5. The zero-order valence-electron chi connectivity index (χ0n) is 14.5. The van der Waals surface area contributed by atoms with E-state index in [0.29, 0.717) is 12.4 Å². The molecule has 0 saturated heterocycles. The largest absolute Gasteiger partial charge is 0.490 e. The van der Waals surface area contributed by atoms with Crippen LogP contribution < -0.4 is 10.2 Å². The maximum absolute atomic E-state index is 11.8. The number of hydrazone groups is 1. The van der Waals surface area contributed by atoms with Gasteiger partial charge in [0.05, 0.1) is 16.9 Å². The highest BCUT2D eigenvalue weighted by Gasteiger charge is 2.05. The molecule has 0 aliphatic carbocycles. The van der Waals surface area contributed by atoms with E-state index in [9.17, 15) is 14.9 Å². The molecule has 0 heterocycles. The Labute approximate surface area is 161 Å². The molecule has 0 fully saturated rings. The Morgan fingerprint density at radius 2 is 1.93 bits per heavy atom. The molecule has 0 atom stereocenters. The van der Waals surface area contributed by atoms with Gasteiger partial charge in [0.2, 0.25) is 5.91 Å². The van der Waals surface area contributed by atoms with Gasteiger partial charge in [0.25, 0.3) is 5.69 Å². The molecule has 8 heteroatoms. The average molecular weight is 385 g/mol. The van der Waals surface area contributed by atoms with Crippen molar-refractivity contribution in [2.45, 2.75) is 5.75 Å². The standard InChI is InChI=1S/C19H19N3O4S/c1-2-11-26-18-9-5-15(6-10-18)12-20-21-19(23)14-27-13-16-3-7-17(8-4-16)22(24)25/h2-10,12H,1,11,13-14H2,(H,21,23)/b20-12+. The molecule has 0 aliphatic rings. The number of nitro benzene ring substituents is 1. The van der Waals surface area contributed by atoms with Gasteiger partial charge in [-0.05, 0) is 35.4 Å². The number of amides is 1. The highest BCUT2D eigenvalue weighted by atomic mass is 32.2. The topological polar surface area (TPSA) is 93.8 Å². The van der Waals surface area contributed by atoms with Gasteiger partial charge in [0, 0.05) is 17.9 Å². The minimum absolute atomic E-state index is 0.0520. The molecule has 0 aliphatic heterocycles. The number of ether oxygens (including phenoxy) is 1. The second-order valence-electron chi connectivity index (χ2n) is 5.38. The van der Waals surface area contributed by atoms with Crippen LogP contribution in [0.25, 0.3) is 0 Å². The zero-order chi connectivity index (χ0) is 19.5. The highest BCUT2D eigenvalue weighted by Crippen LogP contribution is 2.16. The summed E-state index contributed by atoms with van der Waals surface area (Å²) in [5, 5.41) is 14.5. The van der Waals surface area contributed by atoms with E-state index in [1.165, 1.54) is 23.9 Å². The second kappa shape index (κ2) is 10.8. The van der Waals surface area contributed by atoms with Crippen molar-refractivity contribution in [3.8, 4) is 5.75 Å². The van der Waals surface area contributed by atoms with Crippen LogP contribution in [0.3, 0.4) is 0 Å². The fourth-order valence-corrected chi connectivity index (χ4v) is 2.77. The lowest BCUT2D eigenvalue weighted by Crippen LogP contribution is -2.19. The van der Waals surface area contributed by atoms with Gasteiger partial charge < -0.3 is 4.74 Å². The molecule has 27 heavy (non-hydrogen) atoms. The van der Waals surface area contributed by atoms with E-state index in [1.807, 2.05) is 24.3 Å². The van der Waals surface area contributed by atoms with Crippen LogP contribution in [0.2, 0.25) is 0 Å². The number of nitrogens with zero attached hydrogens (tertiary/aromatic N) is 2. The number of carbonyl (C=O) groups is 1. The van der Waals surface area contributed by atoms with Crippen LogP contribution in [0.1, 0.15) is 11.1 Å². The first-order valence-electron chi connectivity index (χ1n) is 8.05. The second-order valence-corrected chi connectivity index (χ2v) is 6.36. The maximum Gasteiger partial charge on any atom is 0.269 e. The van der Waals surface area contributed by atoms with E-state index in [1.54, 1.807) is 24.4 Å². The summed E-state index contributed by atoms with van der Waals surface area (Å²) in [5.74, 6) is 1.34. The van der Waals surface area contributed by atoms with Gasteiger partial charge in [0.15, 0.2) is 0 Å². The summed E-state index contributed by atoms with van der Waals surface area (Å²) in [4.78, 5) is 21.9. The summed E-state index contributed by atoms with van der Waals surface area (Å²) < 4.78 is 5.38. The van der Waals surface area contributed by atoms with Gasteiger partial charge in [-0.1, -0.05) is 24.8 Å². The first kappa shape index (κ1) is 20.2. The molecule has 1 N–H and O–H groups in total. The predicted molar refractivity (Wildman–Crippen MR) is 107 cm³/mol. The number of nitro groups is 1. The molecule has 140 valence electrons. The number of non-ortho nitro benzene ring substituents is 1. The molecule has 1 amide bonds. The average Bonchev–Trinajstić information content (AvgIpc) is 2.68. The smallest absolute Gasteiger partial charge is 0.269 e. The number of nitrogens with one attached hydrogen (secondary N) is 1. The Morgan fingerprint density at radius 1 is 1.22 bits per heavy atom. The number of hydrogen-bond donors (Lipinski definition) is 1. The third kappa shape index (κ3) is 7.33. The predicted octanol–water partition coefficient (Wildman–Crippen LogP) is 3.54. The number of benzene rings is 2. The van der Waals surface area contributed by atoms with Crippen LogP contribution in [0.15, 0.2) is 66.3 Å². The Hall–Kier alpha value is -3.13. The van der Waals surface area contributed by atoms with Crippen molar-refractivity contribution in [1.29, 1.82) is 0 Å². The van der Waals surface area contributed by atoms with Crippen molar-refractivity contribution >= 4 is 29.6 Å². The molecule has 0 bridgehead atoms. The van der Waals surface area contributed by atoms with Crippen LogP contribution in [0.4, 0.5) is 5.69 Å². The minimum Gasteiger partial charge on any atom is -0.490 e. The van der Waals surface area contributed by atoms with Crippen LogP contribution in [-0.2, 0) is 10.5 Å². The summed E-state index contributed by atoms with van der Waals surface area (Å²) in [7, 11) is 0. The first-order valence-corrected chi connectivity index (χ1v) is 9.20. The molecule has 0 radical (unpaired) electrons. The third-order valence-corrected chi connectivity index (χ3v) is 4.30. The van der Waals surface area contributed by atoms with E-state index in [0.717, 1.165) is 16.9 Å². The summed E-state index contributed by atoms with van der Waals surface area (Å²) >= 11 is 1.40. The van der Waals surface area contributed by atoms with E-state index < -0.39 is 4.92 Å². The monoisotopic (exact) mass is 385 g/mol. The Bertz CT molecular complexity index is 805. The summed E-state index contributed by atoms with van der Waals surface area (Å²) in [6.45, 7) is 4.03. The lowest BCUT2D eigenvalue weighted by atomic mass is 10.2. The summed E-state index contributed by atoms with van der Waals surface area (Å²) in [6.07, 6.45) is 3.22. The van der Waals surface area contributed by atoms with Crippen LogP contribution >= 0.6 is 11.8 Å². The van der Waals surface area contributed by atoms with Crippen molar-refractivity contribution in [1.82, 2.24) is 5.43 Å². The molecule has 0 unspecified atom stereocenters. The summed E-state index contributed by atoms with van der Waals surface area (Å²) in [5.41, 5.74) is 4.27. The Balaban J connectivity index is 1.70. The van der Waals surface area contributed by atoms with E-state index in [4.69, 9.17) is 4.74 Å². The molecular weight excluding hydrogens is 366 g/mol. The van der Waals surface area contributed by atoms with Gasteiger partial charge >= 0.3 is 0 Å². The molecule has 7 nitrogen and oxygen atoms in total. The van der Waals surface area contributed by atoms with Crippen molar-refractivity contribution in [2.24, 2.45) is 5.10 Å². The van der Waals surface area contributed by atoms with Crippen LogP contribution in [0, 0.1) is 10.1 Å². The molecule has 2 aromatic carbocycles. The van der Waals surface area contributed by atoms with Gasteiger partial charge in [-0.25, -0.2) is 5.43 Å². The fourth-order valence-electron chi connectivity index (χ4n) is 1.99. The van der Waals surface area contributed by atoms with E-state index in [2.05, 4.69) is 17.1 Å². The SMILES string of the molecule is C=CCOc1ccc(/C=N/NC(=O)CSCc2ccc([N+](=O)[O-])cc2)cc1. The third-order valence-electron chi connectivity index (χ3n) is 3.30. The molecule has 2 rings (SSSR count). The molecule has 0 spiro atoms. The van der Waals surface area contributed by atoms with Crippen LogP contribution in [-0.4, -0.2) is 29.4 Å². The molecular formula is C19H19N3O4S. The fraction of sp³-hybridized carbons (Fsp3) is 0.158. The minimum atomic E-state index is -0.440. The highest BCUT2D eigenvalue weighted by molar-refractivity contribution is 7.99. The number of rotatable bonds is 10. The van der Waals surface area contributed by atoms with Gasteiger partial charge in [0.1, 0.15) is 12.4 Å². The first-order chi connectivity index (χ1) is 13.1. The van der Waals surface area contributed by atoms with Crippen molar-refractivity contribution < 1.29 is 14.5 Å². The quantitative estimate of drug-likeness (QED) is 0.292. The number of hydrogen-bond acceptors (Lipinski definition) is 6. The van der Waals surface area contributed by atoms with Crippen molar-refractivity contribution in [3.05, 3.63) is 82.4 Å². The van der Waals surface area contributed by atoms with Gasteiger partial charge in [-0.15, -0.1) is 11.8 Å². The Morgan fingerprint density at radius 3 is 2.56 bits per heavy atom.